The first-order valence-electron chi connectivity index (χ1n) is 15.7. The number of hydrogen-bond donors (Lipinski definition) is 0. The van der Waals surface area contributed by atoms with E-state index in [4.69, 9.17) is 0 Å². The van der Waals surface area contributed by atoms with Crippen molar-refractivity contribution >= 4 is 8.78 Å². The van der Waals surface area contributed by atoms with Gasteiger partial charge in [-0.2, -0.15) is 11.6 Å². The Morgan fingerprint density at radius 2 is 1.48 bits per heavy atom. The van der Waals surface area contributed by atoms with Gasteiger partial charge in [-0.15, -0.1) is 12.8 Å². The van der Waals surface area contributed by atoms with Crippen molar-refractivity contribution < 1.29 is 49.0 Å². The normalized spacial score (nSPS) is 19.8. The number of fused-ring (bicyclic) bond motifs is 6. The minimum absolute atomic E-state index is 0. The molecule has 5 aliphatic carbocycles. The molecule has 0 aromatic heterocycles. The van der Waals surface area contributed by atoms with Crippen LogP contribution in [0.1, 0.15) is 60.8 Å². The molecule has 8 rings (SSSR count). The number of rotatable bonds is 4. The van der Waals surface area contributed by atoms with Crippen LogP contribution in [0.3, 0.4) is 0 Å². The van der Waals surface area contributed by atoms with Crippen molar-refractivity contribution in [3.8, 4) is 0 Å². The van der Waals surface area contributed by atoms with Crippen LogP contribution in [0.2, 0.25) is 0 Å². The molecule has 0 bridgehead atoms. The molecule has 1 saturated carbocycles. The molecule has 0 saturated heterocycles. The number of allylic oxidation sites excluding steroid dienone is 10. The molecule has 1 fully saturated rings. The fraction of sp³-hybridized carbons (Fsp3) is 0.268. The first kappa shape index (κ1) is 34.4. The van der Waals surface area contributed by atoms with Gasteiger partial charge < -0.3 is 24.8 Å². The van der Waals surface area contributed by atoms with Gasteiger partial charge in [0.1, 0.15) is 0 Å². The summed E-state index contributed by atoms with van der Waals surface area (Å²) >= 11 is 1.55. The summed E-state index contributed by atoms with van der Waals surface area (Å²) in [5.41, 5.74) is 12.6. The second-order valence-electron chi connectivity index (χ2n) is 11.9. The number of hydrogen-bond acceptors (Lipinski definition) is 0. The predicted molar refractivity (Wildman–Crippen MR) is 174 cm³/mol. The summed E-state index contributed by atoms with van der Waals surface area (Å²) in [5.74, 6) is 1.60. The van der Waals surface area contributed by atoms with E-state index in [2.05, 4.69) is 116 Å². The van der Waals surface area contributed by atoms with Crippen LogP contribution >= 0.6 is 0 Å². The average molecular weight is 695 g/mol. The molecule has 3 heteroatoms. The third-order valence-electron chi connectivity index (χ3n) is 9.01. The van der Waals surface area contributed by atoms with Crippen molar-refractivity contribution in [2.45, 2.75) is 57.8 Å². The Labute approximate surface area is 292 Å². The van der Waals surface area contributed by atoms with Gasteiger partial charge in [-0.25, -0.2) is 24.1 Å². The molecule has 5 aliphatic rings. The van der Waals surface area contributed by atoms with E-state index in [-0.39, 0.29) is 24.8 Å². The number of halogens is 2. The minimum atomic E-state index is 0. The van der Waals surface area contributed by atoms with E-state index in [1.165, 1.54) is 48.8 Å². The molecule has 0 radical (unpaired) electrons. The molecule has 3 aromatic carbocycles. The zero-order valence-corrected chi connectivity index (χ0v) is 29.3. The van der Waals surface area contributed by atoms with Crippen molar-refractivity contribution in [3.63, 3.8) is 0 Å². The van der Waals surface area contributed by atoms with Gasteiger partial charge in [0.25, 0.3) is 0 Å². The number of benzene rings is 3. The standard InChI is InChI=1S/C21H21.C15H14.C5H5.2ClH.Zr/c1-2-8-15-14(7-1)13-20-18-11-4-3-9-16(18)17-10-5-6-12-19(17)21(15)20;1-3-8-14(9-4-1)12-7-13-15-10-5-2-6-11-15;1-2-4-5-3-1;;;/h1-2,6-8,11-12,16-17H,3-5,9-10,13H2;1-6,8-11H,12-13H2;1-3H,4H2;2*1H;/q-1;;-1;;;+2/p-2. The summed E-state index contributed by atoms with van der Waals surface area (Å²) in [6.07, 6.45) is 27.5. The topological polar surface area (TPSA) is 0 Å². The Kier molecular flexibility index (Phi) is 13.5. The van der Waals surface area contributed by atoms with Gasteiger partial charge >= 0.3 is 112 Å². The van der Waals surface area contributed by atoms with Crippen molar-refractivity contribution in [1.82, 2.24) is 0 Å². The molecule has 0 amide bonds. The summed E-state index contributed by atoms with van der Waals surface area (Å²) in [6.45, 7) is 0. The molecular formula is C41H40Cl2Zr-2. The molecular weight excluding hydrogens is 655 g/mol. The van der Waals surface area contributed by atoms with E-state index >= 15 is 0 Å². The van der Waals surface area contributed by atoms with Crippen LogP contribution in [0.25, 0.3) is 5.57 Å². The van der Waals surface area contributed by atoms with Gasteiger partial charge in [0.2, 0.25) is 0 Å². The van der Waals surface area contributed by atoms with Crippen LogP contribution in [0.4, 0.5) is 0 Å². The molecule has 2 unspecified atom stereocenters. The fourth-order valence-corrected chi connectivity index (χ4v) is 8.15. The Hall–Kier alpha value is -2.44. The van der Waals surface area contributed by atoms with Gasteiger partial charge in [-0.05, 0) is 36.7 Å². The van der Waals surface area contributed by atoms with Crippen molar-refractivity contribution in [2.75, 3.05) is 0 Å². The van der Waals surface area contributed by atoms with E-state index in [0.29, 0.717) is 0 Å². The summed E-state index contributed by atoms with van der Waals surface area (Å²) in [4.78, 5) is 0. The monoisotopic (exact) mass is 692 g/mol. The van der Waals surface area contributed by atoms with Crippen LogP contribution < -0.4 is 24.8 Å². The van der Waals surface area contributed by atoms with E-state index in [1.54, 1.807) is 55.3 Å². The Morgan fingerprint density at radius 3 is 2.11 bits per heavy atom. The van der Waals surface area contributed by atoms with Crippen LogP contribution in [-0.4, -0.2) is 3.21 Å². The van der Waals surface area contributed by atoms with Gasteiger partial charge in [0.15, 0.2) is 0 Å². The molecule has 0 aliphatic heterocycles. The van der Waals surface area contributed by atoms with E-state index in [9.17, 15) is 0 Å². The maximum atomic E-state index is 2.99. The molecule has 0 heterocycles. The summed E-state index contributed by atoms with van der Waals surface area (Å²) in [7, 11) is 0. The third kappa shape index (κ3) is 8.43. The molecule has 0 spiro atoms. The summed E-state index contributed by atoms with van der Waals surface area (Å²) in [5, 5.41) is 0. The zero-order valence-electron chi connectivity index (χ0n) is 25.3. The Balaban J connectivity index is 0.000000171. The molecule has 0 N–H and O–H groups in total. The van der Waals surface area contributed by atoms with E-state index < -0.39 is 0 Å². The van der Waals surface area contributed by atoms with Crippen LogP contribution in [0.15, 0.2) is 132 Å². The summed E-state index contributed by atoms with van der Waals surface area (Å²) < 4.78 is 1.60. The fourth-order valence-electron chi connectivity index (χ4n) is 7.14. The molecule has 224 valence electrons. The van der Waals surface area contributed by atoms with E-state index in [1.807, 2.05) is 12.2 Å². The first-order valence-corrected chi connectivity index (χ1v) is 16.9. The third-order valence-corrected chi connectivity index (χ3v) is 9.88. The quantitative estimate of drug-likeness (QED) is 0.365. The van der Waals surface area contributed by atoms with Crippen molar-refractivity contribution in [3.05, 3.63) is 167 Å². The average Bonchev–Trinajstić information content (AvgIpc) is 3.75. The maximum absolute atomic E-state index is 2.99. The zero-order chi connectivity index (χ0) is 28.6. The molecule has 2 atom stereocenters. The second kappa shape index (κ2) is 17.3. The van der Waals surface area contributed by atoms with Crippen molar-refractivity contribution in [1.29, 1.82) is 0 Å². The summed E-state index contributed by atoms with van der Waals surface area (Å²) in [6, 6.07) is 30.5. The van der Waals surface area contributed by atoms with Crippen molar-refractivity contribution in [2.24, 2.45) is 11.8 Å². The molecule has 0 nitrogen and oxygen atoms in total. The van der Waals surface area contributed by atoms with Crippen LogP contribution in [0, 0.1) is 24.3 Å². The Morgan fingerprint density at radius 1 is 0.795 bits per heavy atom. The van der Waals surface area contributed by atoms with Crippen LogP contribution in [-0.2, 0) is 43.5 Å². The van der Waals surface area contributed by atoms with Gasteiger partial charge in [0.05, 0.1) is 0 Å². The van der Waals surface area contributed by atoms with Crippen LogP contribution in [0.5, 0.6) is 0 Å². The predicted octanol–water partition coefficient (Wildman–Crippen LogP) is 3.78. The van der Waals surface area contributed by atoms with Gasteiger partial charge in [-0.1, -0.05) is 66.0 Å². The second-order valence-corrected chi connectivity index (χ2v) is 13.6. The van der Waals surface area contributed by atoms with E-state index in [0.717, 1.165) is 37.5 Å². The SMILES string of the molecule is C1=CC2=C3C(=C4[CH-]CCCC4C2CC1)Cc1ccccc13.[C-]1=CC=CC1.[Cl-].[Cl-].[Zr+2]=[C](Cc1ccccc1)Cc1ccccc1. The van der Waals surface area contributed by atoms with Gasteiger partial charge in [0, 0.05) is 0 Å². The van der Waals surface area contributed by atoms with Gasteiger partial charge in [-0.3, -0.25) is 6.08 Å². The first-order chi connectivity index (χ1) is 20.8. The Bertz CT molecular complexity index is 1490. The molecule has 3 aromatic rings. The molecule has 44 heavy (non-hydrogen) atoms.